The third-order valence-electron chi connectivity index (χ3n) is 5.62. The molecule has 1 N–H and O–H groups in total. The minimum Gasteiger partial charge on any atom is -0.293 e. The number of aryl methyl sites for hydroxylation is 2. The van der Waals surface area contributed by atoms with Crippen LogP contribution in [0.3, 0.4) is 0 Å². The van der Waals surface area contributed by atoms with Crippen molar-refractivity contribution in [3.8, 4) is 0 Å². The summed E-state index contributed by atoms with van der Waals surface area (Å²) in [4.78, 5) is 14.4. The summed E-state index contributed by atoms with van der Waals surface area (Å²) < 4.78 is 3.55. The molecule has 1 saturated heterocycles. The second-order valence-electron chi connectivity index (χ2n) is 7.34. The van der Waals surface area contributed by atoms with Crippen LogP contribution in [0.1, 0.15) is 43.1 Å². The normalized spacial score (nSPS) is 24.8. The lowest BCUT2D eigenvalue weighted by Crippen LogP contribution is -2.30. The monoisotopic (exact) mass is 330 g/mol. The molecule has 2 aliphatic rings. The molecule has 0 aromatic carbocycles. The van der Waals surface area contributed by atoms with Crippen molar-refractivity contribution in [2.45, 2.75) is 38.1 Å². The van der Waals surface area contributed by atoms with Crippen LogP contribution in [-0.2, 0) is 20.5 Å². The van der Waals surface area contributed by atoms with E-state index >= 15 is 0 Å². The summed E-state index contributed by atoms with van der Waals surface area (Å²) in [6.07, 6.45) is 10.1. The van der Waals surface area contributed by atoms with E-state index in [4.69, 9.17) is 0 Å². The zero-order valence-electron chi connectivity index (χ0n) is 14.5. The highest BCUT2D eigenvalue weighted by Crippen LogP contribution is 2.49. The molecule has 1 saturated carbocycles. The van der Waals surface area contributed by atoms with E-state index in [1.165, 1.54) is 24.8 Å². The predicted molar refractivity (Wildman–Crippen MR) is 90.5 cm³/mol. The third kappa shape index (κ3) is 2.92. The summed E-state index contributed by atoms with van der Waals surface area (Å²) in [7, 11) is 3.79. The van der Waals surface area contributed by atoms with Crippen molar-refractivity contribution in [3.63, 3.8) is 0 Å². The molecular formula is C17H26N6O. The lowest BCUT2D eigenvalue weighted by atomic mass is 9.94. The number of nitrogens with one attached hydrogen (secondary N) is 1. The van der Waals surface area contributed by atoms with Gasteiger partial charge in [-0.25, -0.2) is 9.89 Å². The van der Waals surface area contributed by atoms with Crippen LogP contribution in [0.2, 0.25) is 0 Å². The Morgan fingerprint density at radius 1 is 1.29 bits per heavy atom. The van der Waals surface area contributed by atoms with Gasteiger partial charge in [-0.2, -0.15) is 10.2 Å². The Morgan fingerprint density at radius 2 is 2.12 bits per heavy atom. The van der Waals surface area contributed by atoms with Crippen molar-refractivity contribution in [3.05, 3.63) is 34.3 Å². The van der Waals surface area contributed by atoms with Crippen LogP contribution in [0.5, 0.6) is 0 Å². The van der Waals surface area contributed by atoms with E-state index < -0.39 is 0 Å². The molecule has 4 rings (SSSR count). The van der Waals surface area contributed by atoms with Crippen molar-refractivity contribution in [2.24, 2.45) is 25.9 Å². The zero-order valence-corrected chi connectivity index (χ0v) is 14.5. The first-order chi connectivity index (χ1) is 11.6. The molecule has 0 amide bonds. The maximum absolute atomic E-state index is 11.8. The van der Waals surface area contributed by atoms with Crippen LogP contribution in [0, 0.1) is 11.8 Å². The number of aromatic amines is 1. The molecule has 2 fully saturated rings. The van der Waals surface area contributed by atoms with Gasteiger partial charge < -0.3 is 0 Å². The maximum Gasteiger partial charge on any atom is 0.343 e. The Morgan fingerprint density at radius 3 is 2.75 bits per heavy atom. The Kier molecular flexibility index (Phi) is 4.04. The summed E-state index contributed by atoms with van der Waals surface area (Å²) in [5.41, 5.74) is 1.18. The number of likely N-dealkylation sites (tertiary alicyclic amines) is 1. The highest BCUT2D eigenvalue weighted by Gasteiger charge is 2.45. The molecule has 7 heteroatoms. The van der Waals surface area contributed by atoms with Gasteiger partial charge in [0.25, 0.3) is 0 Å². The first-order valence-corrected chi connectivity index (χ1v) is 8.96. The Labute approximate surface area is 141 Å². The van der Waals surface area contributed by atoms with Gasteiger partial charge in [0.2, 0.25) is 0 Å². The molecule has 130 valence electrons. The van der Waals surface area contributed by atoms with Crippen LogP contribution in [0.25, 0.3) is 0 Å². The number of aromatic nitrogens is 5. The van der Waals surface area contributed by atoms with Crippen molar-refractivity contribution in [2.75, 3.05) is 13.1 Å². The number of rotatable bonds is 6. The highest BCUT2D eigenvalue weighted by atomic mass is 16.1. The fourth-order valence-corrected chi connectivity index (χ4v) is 4.22. The number of nitrogens with zero attached hydrogens (tertiary/aromatic N) is 5. The molecule has 7 nitrogen and oxygen atoms in total. The van der Waals surface area contributed by atoms with Crippen LogP contribution in [0.4, 0.5) is 0 Å². The SMILES string of the molecule is Cn1cc(CCCN2CCC(C3CC3)C2c2n[nH]c(=O)n2C)cn1. The van der Waals surface area contributed by atoms with Gasteiger partial charge in [-0.15, -0.1) is 0 Å². The smallest absolute Gasteiger partial charge is 0.293 e. The maximum atomic E-state index is 11.8. The molecule has 0 radical (unpaired) electrons. The zero-order chi connectivity index (χ0) is 16.7. The first kappa shape index (κ1) is 15.6. The van der Waals surface area contributed by atoms with E-state index in [0.717, 1.165) is 37.7 Å². The van der Waals surface area contributed by atoms with Crippen LogP contribution in [0.15, 0.2) is 17.2 Å². The van der Waals surface area contributed by atoms with E-state index in [0.29, 0.717) is 5.92 Å². The fourth-order valence-electron chi connectivity index (χ4n) is 4.22. The molecule has 24 heavy (non-hydrogen) atoms. The summed E-state index contributed by atoms with van der Waals surface area (Å²) in [6.45, 7) is 2.16. The van der Waals surface area contributed by atoms with Crippen molar-refractivity contribution in [1.29, 1.82) is 0 Å². The number of H-pyrrole nitrogens is 1. The quantitative estimate of drug-likeness (QED) is 0.865. The van der Waals surface area contributed by atoms with Crippen LogP contribution in [-0.4, -0.2) is 42.5 Å². The molecular weight excluding hydrogens is 304 g/mol. The topological polar surface area (TPSA) is 71.7 Å². The molecule has 0 bridgehead atoms. The minimum absolute atomic E-state index is 0.109. The lowest BCUT2D eigenvalue weighted by molar-refractivity contribution is 0.202. The van der Waals surface area contributed by atoms with Gasteiger partial charge in [0.05, 0.1) is 12.2 Å². The lowest BCUT2D eigenvalue weighted by Gasteiger charge is -2.27. The van der Waals surface area contributed by atoms with Crippen molar-refractivity contribution in [1.82, 2.24) is 29.4 Å². The Hall–Kier alpha value is -1.89. The van der Waals surface area contributed by atoms with E-state index in [-0.39, 0.29) is 11.7 Å². The Balaban J connectivity index is 1.46. The van der Waals surface area contributed by atoms with Crippen LogP contribution < -0.4 is 5.69 Å². The molecule has 0 spiro atoms. The molecule has 2 atom stereocenters. The molecule has 1 aliphatic carbocycles. The summed E-state index contributed by atoms with van der Waals surface area (Å²) >= 11 is 0. The largest absolute Gasteiger partial charge is 0.343 e. The average Bonchev–Trinajstić information content (AvgIpc) is 3.08. The molecule has 2 aromatic heterocycles. The third-order valence-corrected chi connectivity index (χ3v) is 5.62. The number of hydrogen-bond acceptors (Lipinski definition) is 4. The summed E-state index contributed by atoms with van der Waals surface area (Å²) in [6, 6.07) is 0.287. The summed E-state index contributed by atoms with van der Waals surface area (Å²) in [5.74, 6) is 2.39. The van der Waals surface area contributed by atoms with Crippen molar-refractivity contribution < 1.29 is 0 Å². The van der Waals surface area contributed by atoms with Gasteiger partial charge in [0.1, 0.15) is 0 Å². The summed E-state index contributed by atoms with van der Waals surface area (Å²) in [5, 5.41) is 11.2. The first-order valence-electron chi connectivity index (χ1n) is 8.96. The van der Waals surface area contributed by atoms with E-state index in [1.54, 1.807) is 4.57 Å². The van der Waals surface area contributed by atoms with Gasteiger partial charge in [0, 0.05) is 20.3 Å². The van der Waals surface area contributed by atoms with E-state index in [2.05, 4.69) is 26.4 Å². The van der Waals surface area contributed by atoms with E-state index in [1.807, 2.05) is 25.0 Å². The number of hydrogen-bond donors (Lipinski definition) is 1. The fraction of sp³-hybridized carbons (Fsp3) is 0.706. The van der Waals surface area contributed by atoms with Gasteiger partial charge in [0.15, 0.2) is 5.82 Å². The minimum atomic E-state index is -0.109. The standard InChI is InChI=1S/C17H26N6O/c1-21-11-12(10-18-21)4-3-8-23-9-7-14(13-5-6-13)15(23)16-19-20-17(24)22(16)2/h10-11,13-15H,3-9H2,1-2H3,(H,20,24). The molecule has 1 aliphatic heterocycles. The Bertz CT molecular complexity index is 755. The second kappa shape index (κ2) is 6.20. The second-order valence-corrected chi connectivity index (χ2v) is 7.34. The molecule has 2 unspecified atom stereocenters. The van der Waals surface area contributed by atoms with E-state index in [9.17, 15) is 4.79 Å². The molecule has 2 aromatic rings. The van der Waals surface area contributed by atoms with Gasteiger partial charge >= 0.3 is 5.69 Å². The molecule has 3 heterocycles. The van der Waals surface area contributed by atoms with Gasteiger partial charge in [-0.05, 0) is 62.6 Å². The highest BCUT2D eigenvalue weighted by molar-refractivity contribution is 5.07. The van der Waals surface area contributed by atoms with Crippen LogP contribution >= 0.6 is 0 Å². The van der Waals surface area contributed by atoms with Gasteiger partial charge in [-0.1, -0.05) is 0 Å². The predicted octanol–water partition coefficient (Wildman–Crippen LogP) is 1.25. The van der Waals surface area contributed by atoms with Gasteiger partial charge in [-0.3, -0.25) is 14.1 Å². The van der Waals surface area contributed by atoms with Crippen molar-refractivity contribution >= 4 is 0 Å². The average molecular weight is 330 g/mol.